The predicted octanol–water partition coefficient (Wildman–Crippen LogP) is 5.11. The molecular formula is C25H20FN3O2. The molecule has 154 valence electrons. The highest BCUT2D eigenvalue weighted by atomic mass is 19.1. The van der Waals surface area contributed by atoms with Crippen molar-refractivity contribution < 1.29 is 13.9 Å². The summed E-state index contributed by atoms with van der Waals surface area (Å²) in [5.74, 6) is -0.696. The third kappa shape index (κ3) is 4.75. The summed E-state index contributed by atoms with van der Waals surface area (Å²) in [5, 5.41) is 0. The smallest absolute Gasteiger partial charge is 0.338 e. The van der Waals surface area contributed by atoms with Crippen molar-refractivity contribution in [3.05, 3.63) is 108 Å². The van der Waals surface area contributed by atoms with Crippen LogP contribution in [0, 0.1) is 5.82 Å². The zero-order chi connectivity index (χ0) is 21.6. The molecule has 0 atom stereocenters. The first-order valence-electron chi connectivity index (χ1n) is 9.69. The van der Waals surface area contributed by atoms with Gasteiger partial charge in [0.15, 0.2) is 0 Å². The van der Waals surface area contributed by atoms with E-state index in [0.29, 0.717) is 12.1 Å². The standard InChI is InChI=1S/C25H20FN3O2/c1-31-25(30)23-9-4-18(14-24(23)20-3-2-10-27-15-20)13-21(16-29-12-11-28-17-29)19-5-7-22(26)8-6-19/h2-15,17H,16H2,1H3/b21-13+. The van der Waals surface area contributed by atoms with Gasteiger partial charge in [0.25, 0.3) is 0 Å². The van der Waals surface area contributed by atoms with Gasteiger partial charge in [0.05, 0.1) is 19.0 Å². The number of methoxy groups -OCH3 is 1. The number of imidazole rings is 1. The van der Waals surface area contributed by atoms with Crippen molar-refractivity contribution in [3.8, 4) is 11.1 Å². The quantitative estimate of drug-likeness (QED) is 0.326. The molecule has 6 heteroatoms. The summed E-state index contributed by atoms with van der Waals surface area (Å²) in [7, 11) is 1.36. The van der Waals surface area contributed by atoms with E-state index < -0.39 is 5.97 Å². The number of esters is 1. The molecule has 0 spiro atoms. The Morgan fingerprint density at radius 1 is 1.10 bits per heavy atom. The molecule has 0 aliphatic carbocycles. The van der Waals surface area contributed by atoms with Gasteiger partial charge in [0.1, 0.15) is 5.82 Å². The Balaban J connectivity index is 1.81. The van der Waals surface area contributed by atoms with Gasteiger partial charge in [-0.15, -0.1) is 0 Å². The summed E-state index contributed by atoms with van der Waals surface area (Å²) < 4.78 is 20.4. The van der Waals surface area contributed by atoms with Crippen molar-refractivity contribution in [2.45, 2.75) is 6.54 Å². The first-order chi connectivity index (χ1) is 15.1. The van der Waals surface area contributed by atoms with Crippen LogP contribution >= 0.6 is 0 Å². The van der Waals surface area contributed by atoms with E-state index in [4.69, 9.17) is 4.74 Å². The van der Waals surface area contributed by atoms with Crippen molar-refractivity contribution in [2.75, 3.05) is 7.11 Å². The second-order valence-corrected chi connectivity index (χ2v) is 6.95. The molecule has 2 aromatic heterocycles. The summed E-state index contributed by atoms with van der Waals surface area (Å²) >= 11 is 0. The van der Waals surface area contributed by atoms with Crippen LogP contribution in [0.4, 0.5) is 4.39 Å². The number of aromatic nitrogens is 3. The summed E-state index contributed by atoms with van der Waals surface area (Å²) in [4.78, 5) is 20.6. The number of benzene rings is 2. The van der Waals surface area contributed by atoms with Crippen LogP contribution in [0.25, 0.3) is 22.8 Å². The lowest BCUT2D eigenvalue weighted by atomic mass is 9.96. The topological polar surface area (TPSA) is 57.0 Å². The van der Waals surface area contributed by atoms with E-state index in [1.807, 2.05) is 41.1 Å². The third-order valence-electron chi connectivity index (χ3n) is 4.89. The molecule has 0 unspecified atom stereocenters. The molecule has 0 saturated heterocycles. The largest absolute Gasteiger partial charge is 0.465 e. The molecule has 2 heterocycles. The van der Waals surface area contributed by atoms with Crippen LogP contribution < -0.4 is 0 Å². The van der Waals surface area contributed by atoms with Gasteiger partial charge in [-0.2, -0.15) is 0 Å². The monoisotopic (exact) mass is 413 g/mol. The van der Waals surface area contributed by atoms with E-state index in [1.54, 1.807) is 43.1 Å². The van der Waals surface area contributed by atoms with Gasteiger partial charge in [0.2, 0.25) is 0 Å². The molecule has 2 aromatic carbocycles. The highest BCUT2D eigenvalue weighted by Gasteiger charge is 2.14. The molecule has 31 heavy (non-hydrogen) atoms. The first kappa shape index (κ1) is 20.2. The number of carbonyl (C=O) groups excluding carboxylic acids is 1. The maximum absolute atomic E-state index is 13.5. The lowest BCUT2D eigenvalue weighted by Gasteiger charge is -2.12. The van der Waals surface area contributed by atoms with Gasteiger partial charge in [-0.25, -0.2) is 14.2 Å². The van der Waals surface area contributed by atoms with Crippen molar-refractivity contribution in [2.24, 2.45) is 0 Å². The van der Waals surface area contributed by atoms with E-state index in [-0.39, 0.29) is 5.82 Å². The molecule has 0 saturated carbocycles. The highest BCUT2D eigenvalue weighted by molar-refractivity contribution is 5.98. The summed E-state index contributed by atoms with van der Waals surface area (Å²) in [6.07, 6.45) is 10.7. The second kappa shape index (κ2) is 9.17. The number of rotatable bonds is 6. The summed E-state index contributed by atoms with van der Waals surface area (Å²) in [6, 6.07) is 15.7. The summed E-state index contributed by atoms with van der Waals surface area (Å²) in [6.45, 7) is 0.562. The van der Waals surface area contributed by atoms with Crippen molar-refractivity contribution in [3.63, 3.8) is 0 Å². The normalized spacial score (nSPS) is 11.4. The summed E-state index contributed by atoms with van der Waals surface area (Å²) in [5.41, 5.74) is 4.78. The lowest BCUT2D eigenvalue weighted by Crippen LogP contribution is -2.04. The number of nitrogens with zero attached hydrogens (tertiary/aromatic N) is 3. The Labute approximate surface area is 179 Å². The Hall–Kier alpha value is -4.06. The molecule has 0 amide bonds. The van der Waals surface area contributed by atoms with Crippen molar-refractivity contribution in [1.82, 2.24) is 14.5 Å². The number of ether oxygens (including phenoxy) is 1. The predicted molar refractivity (Wildman–Crippen MR) is 118 cm³/mol. The van der Waals surface area contributed by atoms with Crippen LogP contribution in [0.5, 0.6) is 0 Å². The van der Waals surface area contributed by atoms with Crippen LogP contribution in [0.15, 0.2) is 85.7 Å². The van der Waals surface area contributed by atoms with E-state index in [0.717, 1.165) is 27.8 Å². The average Bonchev–Trinajstić information content (AvgIpc) is 3.32. The van der Waals surface area contributed by atoms with Crippen LogP contribution in [0.1, 0.15) is 21.5 Å². The fourth-order valence-electron chi connectivity index (χ4n) is 3.36. The molecule has 0 aliphatic heterocycles. The number of hydrogen-bond acceptors (Lipinski definition) is 4. The number of carbonyl (C=O) groups is 1. The molecule has 4 rings (SSSR count). The van der Waals surface area contributed by atoms with Gasteiger partial charge in [0, 0.05) is 36.9 Å². The number of halogens is 1. The minimum atomic E-state index is -0.411. The molecule has 0 radical (unpaired) electrons. The molecule has 5 nitrogen and oxygen atoms in total. The lowest BCUT2D eigenvalue weighted by molar-refractivity contribution is 0.0601. The zero-order valence-electron chi connectivity index (χ0n) is 16.9. The van der Waals surface area contributed by atoms with Crippen molar-refractivity contribution in [1.29, 1.82) is 0 Å². The Morgan fingerprint density at radius 3 is 2.61 bits per heavy atom. The molecule has 4 aromatic rings. The van der Waals surface area contributed by atoms with Gasteiger partial charge in [-0.05, 0) is 58.7 Å². The fraction of sp³-hybridized carbons (Fsp3) is 0.0800. The Morgan fingerprint density at radius 2 is 1.94 bits per heavy atom. The molecule has 0 aliphatic rings. The van der Waals surface area contributed by atoms with Gasteiger partial charge in [-0.3, -0.25) is 4.98 Å². The molecule has 0 fully saturated rings. The van der Waals surface area contributed by atoms with E-state index in [9.17, 15) is 9.18 Å². The van der Waals surface area contributed by atoms with Crippen LogP contribution in [-0.2, 0) is 11.3 Å². The fourth-order valence-corrected chi connectivity index (χ4v) is 3.36. The SMILES string of the molecule is COC(=O)c1ccc(/C=C(\Cn2ccnc2)c2ccc(F)cc2)cc1-c1cccnc1. The molecule has 0 bridgehead atoms. The second-order valence-electron chi connectivity index (χ2n) is 6.95. The van der Waals surface area contributed by atoms with E-state index in [1.165, 1.54) is 19.2 Å². The van der Waals surface area contributed by atoms with Gasteiger partial charge < -0.3 is 9.30 Å². The number of hydrogen-bond donors (Lipinski definition) is 0. The minimum Gasteiger partial charge on any atom is -0.465 e. The van der Waals surface area contributed by atoms with E-state index in [2.05, 4.69) is 9.97 Å². The van der Waals surface area contributed by atoms with Crippen LogP contribution in [-0.4, -0.2) is 27.6 Å². The Bertz CT molecular complexity index is 1200. The van der Waals surface area contributed by atoms with Crippen LogP contribution in [0.2, 0.25) is 0 Å². The van der Waals surface area contributed by atoms with Gasteiger partial charge in [-0.1, -0.05) is 24.3 Å². The Kier molecular flexibility index (Phi) is 5.98. The minimum absolute atomic E-state index is 0.285. The highest BCUT2D eigenvalue weighted by Crippen LogP contribution is 2.28. The number of pyridine rings is 1. The zero-order valence-corrected chi connectivity index (χ0v) is 16.9. The maximum Gasteiger partial charge on any atom is 0.338 e. The first-order valence-corrected chi connectivity index (χ1v) is 9.69. The van der Waals surface area contributed by atoms with Gasteiger partial charge >= 0.3 is 5.97 Å². The third-order valence-corrected chi connectivity index (χ3v) is 4.89. The maximum atomic E-state index is 13.5. The number of allylic oxidation sites excluding steroid dienone is 1. The van der Waals surface area contributed by atoms with Crippen molar-refractivity contribution >= 4 is 17.6 Å². The molecule has 0 N–H and O–H groups in total. The van der Waals surface area contributed by atoms with Crippen LogP contribution in [0.3, 0.4) is 0 Å². The average molecular weight is 413 g/mol. The van der Waals surface area contributed by atoms with E-state index >= 15 is 0 Å². The molecular weight excluding hydrogens is 393 g/mol.